The van der Waals surface area contributed by atoms with Gasteiger partial charge in [-0.15, -0.1) is 0 Å². The molecule has 0 radical (unpaired) electrons. The predicted molar refractivity (Wildman–Crippen MR) is 69.1 cm³/mol. The van der Waals surface area contributed by atoms with Gasteiger partial charge in [0.2, 0.25) is 0 Å². The lowest BCUT2D eigenvalue weighted by molar-refractivity contribution is -0.139. The molecular weight excluding hydrogens is 264 g/mol. The van der Waals surface area contributed by atoms with Crippen molar-refractivity contribution in [3.63, 3.8) is 0 Å². The highest BCUT2D eigenvalue weighted by atomic mass is 16.5. The van der Waals surface area contributed by atoms with Gasteiger partial charge in [-0.05, 0) is 13.3 Å². The summed E-state index contributed by atoms with van der Waals surface area (Å²) in [5.74, 6) is -1.14. The average Bonchev–Trinajstić information content (AvgIpc) is 2.96. The molecule has 1 aliphatic rings. The second-order valence-electron chi connectivity index (χ2n) is 4.81. The number of carboxylic acid groups (broad SMARTS) is 1. The molecule has 3 atom stereocenters. The Labute approximate surface area is 116 Å². The number of ether oxygens (including phenoxy) is 1. The van der Waals surface area contributed by atoms with Crippen LogP contribution in [0.25, 0.3) is 0 Å². The molecule has 20 heavy (non-hydrogen) atoms. The van der Waals surface area contributed by atoms with E-state index >= 15 is 0 Å². The Hall–Kier alpha value is -2.09. The van der Waals surface area contributed by atoms with Crippen molar-refractivity contribution in [2.75, 3.05) is 6.61 Å². The molecule has 1 saturated heterocycles. The van der Waals surface area contributed by atoms with Crippen LogP contribution in [0, 0.1) is 0 Å². The van der Waals surface area contributed by atoms with Crippen LogP contribution in [-0.2, 0) is 16.6 Å². The van der Waals surface area contributed by atoms with Gasteiger partial charge >= 0.3 is 12.0 Å². The van der Waals surface area contributed by atoms with E-state index in [1.165, 1.54) is 10.9 Å². The Kier molecular flexibility index (Phi) is 4.23. The van der Waals surface area contributed by atoms with E-state index in [9.17, 15) is 14.7 Å². The summed E-state index contributed by atoms with van der Waals surface area (Å²) in [4.78, 5) is 23.1. The fourth-order valence-corrected chi connectivity index (χ4v) is 2.14. The average molecular weight is 282 g/mol. The molecule has 1 aromatic heterocycles. The van der Waals surface area contributed by atoms with Crippen molar-refractivity contribution in [3.05, 3.63) is 18.0 Å². The van der Waals surface area contributed by atoms with Crippen LogP contribution in [0.1, 0.15) is 24.9 Å². The summed E-state index contributed by atoms with van der Waals surface area (Å²) in [5.41, 5.74) is 0.422. The number of nitrogens with zero attached hydrogens (tertiary/aromatic N) is 2. The van der Waals surface area contributed by atoms with Gasteiger partial charge in [0.15, 0.2) is 6.04 Å². The van der Waals surface area contributed by atoms with E-state index in [2.05, 4.69) is 15.7 Å². The first kappa shape index (κ1) is 14.3. The summed E-state index contributed by atoms with van der Waals surface area (Å²) in [7, 11) is 1.68. The molecule has 8 heteroatoms. The zero-order chi connectivity index (χ0) is 14.7. The molecular formula is C12H18N4O4. The second-order valence-corrected chi connectivity index (χ2v) is 4.81. The maximum atomic E-state index is 11.9. The van der Waals surface area contributed by atoms with Crippen LogP contribution in [0.4, 0.5) is 4.79 Å². The van der Waals surface area contributed by atoms with Crippen LogP contribution < -0.4 is 10.6 Å². The van der Waals surface area contributed by atoms with Crippen LogP contribution >= 0.6 is 0 Å². The van der Waals surface area contributed by atoms with Crippen LogP contribution in [0.5, 0.6) is 0 Å². The monoisotopic (exact) mass is 282 g/mol. The van der Waals surface area contributed by atoms with Crippen molar-refractivity contribution in [3.8, 4) is 0 Å². The maximum Gasteiger partial charge on any atom is 0.331 e. The van der Waals surface area contributed by atoms with Crippen LogP contribution in [-0.4, -0.2) is 45.6 Å². The molecule has 0 aromatic carbocycles. The highest BCUT2D eigenvalue weighted by molar-refractivity contribution is 5.83. The third kappa shape index (κ3) is 3.27. The van der Waals surface area contributed by atoms with E-state index in [0.29, 0.717) is 12.2 Å². The fraction of sp³-hybridized carbons (Fsp3) is 0.583. The molecule has 1 aliphatic heterocycles. The summed E-state index contributed by atoms with van der Waals surface area (Å²) in [6, 6.07) is -1.75. The summed E-state index contributed by atoms with van der Waals surface area (Å²) >= 11 is 0. The van der Waals surface area contributed by atoms with Crippen molar-refractivity contribution < 1.29 is 19.4 Å². The minimum atomic E-state index is -1.14. The molecule has 8 nitrogen and oxygen atoms in total. The highest BCUT2D eigenvalue weighted by Crippen LogP contribution is 2.14. The van der Waals surface area contributed by atoms with E-state index in [4.69, 9.17) is 4.74 Å². The van der Waals surface area contributed by atoms with Gasteiger partial charge in [-0.2, -0.15) is 5.10 Å². The number of carbonyl (C=O) groups is 2. The van der Waals surface area contributed by atoms with Gasteiger partial charge in [0.1, 0.15) is 0 Å². The van der Waals surface area contributed by atoms with Gasteiger partial charge in [0.05, 0.1) is 18.3 Å². The van der Waals surface area contributed by atoms with Gasteiger partial charge in [-0.25, -0.2) is 9.59 Å². The molecule has 110 valence electrons. The molecule has 0 spiro atoms. The van der Waals surface area contributed by atoms with E-state index < -0.39 is 18.0 Å². The number of urea groups is 1. The third-order valence-corrected chi connectivity index (χ3v) is 3.27. The molecule has 2 heterocycles. The quantitative estimate of drug-likeness (QED) is 0.722. The van der Waals surface area contributed by atoms with Gasteiger partial charge in [-0.1, -0.05) is 0 Å². The van der Waals surface area contributed by atoms with Crippen molar-refractivity contribution in [1.29, 1.82) is 0 Å². The lowest BCUT2D eigenvalue weighted by Gasteiger charge is -2.19. The molecule has 1 aromatic rings. The first-order valence-corrected chi connectivity index (χ1v) is 6.37. The molecule has 0 bridgehead atoms. The van der Waals surface area contributed by atoms with Gasteiger partial charge in [-0.3, -0.25) is 4.68 Å². The zero-order valence-corrected chi connectivity index (χ0v) is 11.4. The summed E-state index contributed by atoms with van der Waals surface area (Å²) in [6.07, 6.45) is 3.63. The Morgan fingerprint density at radius 3 is 2.85 bits per heavy atom. The number of aromatic nitrogens is 2. The van der Waals surface area contributed by atoms with E-state index in [-0.39, 0.29) is 12.1 Å². The predicted octanol–water partition coefficient (Wildman–Crippen LogP) is 0.0224. The molecule has 1 fully saturated rings. The number of hydrogen-bond acceptors (Lipinski definition) is 4. The third-order valence-electron chi connectivity index (χ3n) is 3.27. The van der Waals surface area contributed by atoms with E-state index in [1.54, 1.807) is 13.2 Å². The Bertz CT molecular complexity index is 501. The summed E-state index contributed by atoms with van der Waals surface area (Å²) < 4.78 is 6.82. The lowest BCUT2D eigenvalue weighted by Crippen LogP contribution is -2.47. The number of nitrogens with one attached hydrogen (secondary N) is 2. The van der Waals surface area contributed by atoms with Crippen LogP contribution in [0.15, 0.2) is 12.4 Å². The Balaban J connectivity index is 1.98. The standard InChI is InChI=1S/C12H18N4O4/c1-7-9(3-4-20-7)14-12(19)15-10(11(17)18)8-5-13-16(2)6-8/h5-7,9-10H,3-4H2,1-2H3,(H,17,18)(H2,14,15,19). The molecule has 3 N–H and O–H groups in total. The molecule has 2 rings (SSSR count). The molecule has 3 unspecified atom stereocenters. The first-order chi connectivity index (χ1) is 9.47. The second kappa shape index (κ2) is 5.91. The number of hydrogen-bond donors (Lipinski definition) is 3. The van der Waals surface area contributed by atoms with Crippen LogP contribution in [0.2, 0.25) is 0 Å². The van der Waals surface area contributed by atoms with Crippen molar-refractivity contribution in [2.45, 2.75) is 31.5 Å². The van der Waals surface area contributed by atoms with E-state index in [1.807, 2.05) is 6.92 Å². The number of amides is 2. The maximum absolute atomic E-state index is 11.9. The minimum absolute atomic E-state index is 0.0672. The minimum Gasteiger partial charge on any atom is -0.479 e. The van der Waals surface area contributed by atoms with Crippen LogP contribution in [0.3, 0.4) is 0 Å². The molecule has 0 aliphatic carbocycles. The first-order valence-electron chi connectivity index (χ1n) is 6.37. The van der Waals surface area contributed by atoms with Crippen molar-refractivity contribution >= 4 is 12.0 Å². The fourth-order valence-electron chi connectivity index (χ4n) is 2.14. The van der Waals surface area contributed by atoms with Crippen molar-refractivity contribution in [1.82, 2.24) is 20.4 Å². The largest absolute Gasteiger partial charge is 0.479 e. The van der Waals surface area contributed by atoms with E-state index in [0.717, 1.165) is 6.42 Å². The normalized spacial score (nSPS) is 23.3. The lowest BCUT2D eigenvalue weighted by atomic mass is 10.1. The number of aryl methyl sites for hydroxylation is 1. The topological polar surface area (TPSA) is 105 Å². The van der Waals surface area contributed by atoms with Gasteiger partial charge in [0, 0.05) is 25.4 Å². The highest BCUT2D eigenvalue weighted by Gasteiger charge is 2.28. The summed E-state index contributed by atoms with van der Waals surface area (Å²) in [6.45, 7) is 2.46. The summed E-state index contributed by atoms with van der Waals surface area (Å²) in [5, 5.41) is 18.3. The molecule has 0 saturated carbocycles. The Morgan fingerprint density at radius 2 is 2.35 bits per heavy atom. The number of carboxylic acids is 1. The van der Waals surface area contributed by atoms with Crippen molar-refractivity contribution in [2.24, 2.45) is 7.05 Å². The number of aliphatic carboxylic acids is 1. The zero-order valence-electron chi connectivity index (χ0n) is 11.4. The van der Waals surface area contributed by atoms with Gasteiger partial charge < -0.3 is 20.5 Å². The number of rotatable bonds is 4. The number of carbonyl (C=O) groups excluding carboxylic acids is 1. The molecule has 2 amide bonds. The smallest absolute Gasteiger partial charge is 0.331 e. The Morgan fingerprint density at radius 1 is 1.60 bits per heavy atom. The van der Waals surface area contributed by atoms with Gasteiger partial charge in [0.25, 0.3) is 0 Å². The SMILES string of the molecule is CC1OCCC1NC(=O)NC(C(=O)O)c1cnn(C)c1.